The molecule has 0 saturated heterocycles. The normalized spacial score (nSPS) is 17.6. The fourth-order valence-electron chi connectivity index (χ4n) is 2.33. The lowest BCUT2D eigenvalue weighted by Gasteiger charge is -2.17. The van der Waals surface area contributed by atoms with Gasteiger partial charge in [-0.05, 0) is 30.0 Å². The third-order valence-electron chi connectivity index (χ3n) is 3.30. The number of rotatable bonds is 3. The molecule has 6 nitrogen and oxygen atoms in total. The first-order chi connectivity index (χ1) is 10.6. The zero-order valence-corrected chi connectivity index (χ0v) is 12.1. The van der Waals surface area contributed by atoms with Gasteiger partial charge in [0.15, 0.2) is 6.23 Å². The molecule has 22 heavy (non-hydrogen) atoms. The first kappa shape index (κ1) is 14.1. The Bertz CT molecular complexity index is 718. The molecule has 0 radical (unpaired) electrons. The number of pyridine rings is 1. The first-order valence-electron chi connectivity index (χ1n) is 6.66. The summed E-state index contributed by atoms with van der Waals surface area (Å²) in [4.78, 5) is 11.3. The van der Waals surface area contributed by atoms with Gasteiger partial charge >= 0.3 is 5.84 Å². The number of amidine groups is 1. The van der Waals surface area contributed by atoms with Gasteiger partial charge in [-0.25, -0.2) is 14.3 Å². The highest BCUT2D eigenvalue weighted by Gasteiger charge is 2.37. The number of hydrogen-bond donors (Lipinski definition) is 0. The van der Waals surface area contributed by atoms with E-state index in [2.05, 4.69) is 4.98 Å². The molecule has 1 aromatic heterocycles. The lowest BCUT2D eigenvalue weighted by molar-refractivity contribution is -0.739. The van der Waals surface area contributed by atoms with E-state index in [1.165, 1.54) is 25.4 Å². The summed E-state index contributed by atoms with van der Waals surface area (Å²) in [5, 5.41) is 12.1. The van der Waals surface area contributed by atoms with E-state index in [1.54, 1.807) is 36.1 Å². The van der Waals surface area contributed by atoms with Gasteiger partial charge in [-0.15, -0.1) is 0 Å². The van der Waals surface area contributed by atoms with E-state index in [4.69, 9.17) is 9.57 Å². The Morgan fingerprint density at radius 3 is 2.82 bits per heavy atom. The summed E-state index contributed by atoms with van der Waals surface area (Å²) in [6.07, 6.45) is 0.948. The van der Waals surface area contributed by atoms with E-state index in [0.717, 1.165) is 0 Å². The summed E-state index contributed by atoms with van der Waals surface area (Å²) in [6.45, 7) is 1.71. The number of benzene rings is 1. The second-order valence-corrected chi connectivity index (χ2v) is 4.72. The Kier molecular flexibility index (Phi) is 3.54. The van der Waals surface area contributed by atoms with Crippen molar-refractivity contribution in [1.82, 2.24) is 4.98 Å². The maximum atomic E-state index is 13.5. The monoisotopic (exact) mass is 303 g/mol. The minimum atomic E-state index is -0.559. The minimum Gasteiger partial charge on any atom is -0.481 e. The van der Waals surface area contributed by atoms with E-state index in [1.807, 2.05) is 0 Å². The van der Waals surface area contributed by atoms with Crippen LogP contribution in [0.4, 0.5) is 10.1 Å². The van der Waals surface area contributed by atoms with Crippen LogP contribution in [0.25, 0.3) is 0 Å². The smallest absolute Gasteiger partial charge is 0.332 e. The maximum absolute atomic E-state index is 13.5. The van der Waals surface area contributed by atoms with Crippen LogP contribution in [-0.4, -0.2) is 29.1 Å². The number of nitrogens with zero attached hydrogens (tertiary/aromatic N) is 3. The highest BCUT2D eigenvalue weighted by molar-refractivity contribution is 6.07. The molecule has 7 heteroatoms. The molecule has 0 N–H and O–H groups in total. The number of ether oxygens (including phenoxy) is 1. The molecule has 1 atom stereocenters. The van der Waals surface area contributed by atoms with Crippen LogP contribution < -0.4 is 9.64 Å². The standard InChI is InChI=1S/C15H14FN3O3/c1-10-18(13-5-3-4-12(16)8-13)15(19(20)22-10)11-6-7-14(21-2)17-9-11/h3-10H,1-2H3. The van der Waals surface area contributed by atoms with Crippen molar-refractivity contribution in [1.29, 1.82) is 0 Å². The third-order valence-corrected chi connectivity index (χ3v) is 3.30. The van der Waals surface area contributed by atoms with Gasteiger partial charge in [0.2, 0.25) is 5.88 Å². The maximum Gasteiger partial charge on any atom is 0.332 e. The van der Waals surface area contributed by atoms with Crippen LogP contribution in [0.5, 0.6) is 5.88 Å². The van der Waals surface area contributed by atoms with E-state index in [0.29, 0.717) is 22.0 Å². The minimum absolute atomic E-state index is 0.244. The summed E-state index contributed by atoms with van der Waals surface area (Å²) >= 11 is 0. The molecule has 2 aromatic rings. The number of hydrogen-bond acceptors (Lipinski definition) is 5. The Balaban J connectivity index is 2.04. The molecule has 2 heterocycles. The topological polar surface area (TPSA) is 60.7 Å². The number of methoxy groups -OCH3 is 1. The SMILES string of the molecule is COc1ccc(C2=[N+]([O-])OC(C)N2c2cccc(F)c2)cn1. The summed E-state index contributed by atoms with van der Waals surface area (Å²) in [6, 6.07) is 9.31. The number of anilines is 1. The van der Waals surface area contributed by atoms with Crippen molar-refractivity contribution in [2.75, 3.05) is 12.0 Å². The molecule has 0 bridgehead atoms. The van der Waals surface area contributed by atoms with Crippen LogP contribution in [0.3, 0.4) is 0 Å². The number of halogens is 1. The fraction of sp³-hybridized carbons (Fsp3) is 0.200. The molecule has 1 aromatic carbocycles. The van der Waals surface area contributed by atoms with Crippen LogP contribution in [0.1, 0.15) is 12.5 Å². The van der Waals surface area contributed by atoms with Crippen LogP contribution >= 0.6 is 0 Å². The van der Waals surface area contributed by atoms with Crippen LogP contribution in [0.15, 0.2) is 42.6 Å². The van der Waals surface area contributed by atoms with Gasteiger partial charge in [0.1, 0.15) is 11.5 Å². The molecule has 0 spiro atoms. The molecule has 3 rings (SSSR count). The predicted molar refractivity (Wildman–Crippen MR) is 78.0 cm³/mol. The lowest BCUT2D eigenvalue weighted by atomic mass is 10.2. The van der Waals surface area contributed by atoms with E-state index in [9.17, 15) is 9.60 Å². The second-order valence-electron chi connectivity index (χ2n) is 4.72. The summed E-state index contributed by atoms with van der Waals surface area (Å²) in [5.74, 6) is 0.292. The van der Waals surface area contributed by atoms with Crippen LogP contribution in [0, 0.1) is 11.0 Å². The fourth-order valence-corrected chi connectivity index (χ4v) is 2.33. The molecule has 0 aliphatic carbocycles. The Labute approximate surface area is 126 Å². The Morgan fingerprint density at radius 2 is 2.18 bits per heavy atom. The number of aromatic nitrogens is 1. The molecule has 114 valence electrons. The average Bonchev–Trinajstić information content (AvgIpc) is 2.81. The molecule has 1 aliphatic rings. The summed E-state index contributed by atoms with van der Waals surface area (Å²) in [5.41, 5.74) is 1.07. The van der Waals surface area contributed by atoms with Gasteiger partial charge in [-0.3, -0.25) is 0 Å². The molecular weight excluding hydrogens is 289 g/mol. The van der Waals surface area contributed by atoms with Crippen molar-refractivity contribution in [3.05, 3.63) is 59.2 Å². The van der Waals surface area contributed by atoms with Gasteiger partial charge < -0.3 is 14.8 Å². The molecule has 1 unspecified atom stereocenters. The van der Waals surface area contributed by atoms with Gasteiger partial charge in [-0.1, -0.05) is 6.07 Å². The van der Waals surface area contributed by atoms with Crippen molar-refractivity contribution >= 4 is 11.5 Å². The van der Waals surface area contributed by atoms with Gasteiger partial charge in [0.05, 0.1) is 12.7 Å². The Hall–Kier alpha value is -2.83. The van der Waals surface area contributed by atoms with Gasteiger partial charge in [0.25, 0.3) is 0 Å². The lowest BCUT2D eigenvalue weighted by Crippen LogP contribution is -2.35. The largest absolute Gasteiger partial charge is 0.481 e. The Morgan fingerprint density at radius 1 is 1.36 bits per heavy atom. The first-order valence-corrected chi connectivity index (χ1v) is 6.66. The highest BCUT2D eigenvalue weighted by Crippen LogP contribution is 2.26. The van der Waals surface area contributed by atoms with E-state index in [-0.39, 0.29) is 11.7 Å². The zero-order valence-electron chi connectivity index (χ0n) is 12.1. The highest BCUT2D eigenvalue weighted by atomic mass is 19.1. The van der Waals surface area contributed by atoms with Crippen molar-refractivity contribution in [3.8, 4) is 5.88 Å². The van der Waals surface area contributed by atoms with Gasteiger partial charge in [0, 0.05) is 18.3 Å². The molecule has 0 fully saturated rings. The predicted octanol–water partition coefficient (Wildman–Crippen LogP) is 2.28. The van der Waals surface area contributed by atoms with Crippen LogP contribution in [-0.2, 0) is 4.84 Å². The molecule has 0 saturated carbocycles. The van der Waals surface area contributed by atoms with Crippen molar-refractivity contribution in [3.63, 3.8) is 0 Å². The summed E-state index contributed by atoms with van der Waals surface area (Å²) in [7, 11) is 1.51. The van der Waals surface area contributed by atoms with E-state index >= 15 is 0 Å². The zero-order chi connectivity index (χ0) is 15.7. The van der Waals surface area contributed by atoms with Crippen LogP contribution in [0.2, 0.25) is 0 Å². The van der Waals surface area contributed by atoms with Crippen molar-refractivity contribution in [2.24, 2.45) is 0 Å². The van der Waals surface area contributed by atoms with Gasteiger partial charge in [-0.2, -0.15) is 0 Å². The molecule has 1 aliphatic heterocycles. The third kappa shape index (κ3) is 2.41. The second kappa shape index (κ2) is 5.51. The van der Waals surface area contributed by atoms with E-state index < -0.39 is 6.23 Å². The molecular formula is C15H14FN3O3. The summed E-state index contributed by atoms with van der Waals surface area (Å²) < 4.78 is 18.5. The average molecular weight is 303 g/mol. The quantitative estimate of drug-likeness (QED) is 0.814. The van der Waals surface area contributed by atoms with Crippen molar-refractivity contribution in [2.45, 2.75) is 13.2 Å². The van der Waals surface area contributed by atoms with Crippen molar-refractivity contribution < 1.29 is 18.9 Å². The molecule has 0 amide bonds.